The fourth-order valence-electron chi connectivity index (χ4n) is 3.30. The lowest BCUT2D eigenvalue weighted by Gasteiger charge is -2.52. The molecule has 0 aromatic carbocycles. The van der Waals surface area contributed by atoms with Crippen LogP contribution in [0, 0.1) is 5.92 Å². The van der Waals surface area contributed by atoms with E-state index in [0.29, 0.717) is 5.54 Å². The molecule has 2 rings (SSSR count). The van der Waals surface area contributed by atoms with Crippen molar-refractivity contribution in [1.29, 1.82) is 0 Å². The third kappa shape index (κ3) is 2.06. The van der Waals surface area contributed by atoms with Gasteiger partial charge in [0.15, 0.2) is 0 Å². The van der Waals surface area contributed by atoms with Crippen LogP contribution in [-0.2, 0) is 4.74 Å². The second kappa shape index (κ2) is 5.07. The van der Waals surface area contributed by atoms with E-state index in [2.05, 4.69) is 17.5 Å². The van der Waals surface area contributed by atoms with Crippen molar-refractivity contribution in [3.05, 3.63) is 0 Å². The number of hydrogen-bond donors (Lipinski definition) is 0. The summed E-state index contributed by atoms with van der Waals surface area (Å²) >= 11 is 1.92. The Kier molecular flexibility index (Phi) is 3.97. The first kappa shape index (κ1) is 11.7. The molecule has 2 heterocycles. The van der Waals surface area contributed by atoms with Gasteiger partial charge in [0, 0.05) is 13.2 Å². The van der Waals surface area contributed by atoms with Gasteiger partial charge in [-0.3, -0.25) is 0 Å². The van der Waals surface area contributed by atoms with E-state index < -0.39 is 0 Å². The Morgan fingerprint density at radius 2 is 2.33 bits per heavy atom. The molecule has 0 amide bonds. The summed E-state index contributed by atoms with van der Waals surface area (Å²) in [5.41, 5.74) is 0.366. The highest BCUT2D eigenvalue weighted by Crippen LogP contribution is 2.43. The summed E-state index contributed by atoms with van der Waals surface area (Å²) in [6.45, 7) is 5.53. The van der Waals surface area contributed by atoms with Gasteiger partial charge in [0.2, 0.25) is 0 Å². The van der Waals surface area contributed by atoms with Gasteiger partial charge in [0.25, 0.3) is 0 Å². The van der Waals surface area contributed by atoms with E-state index in [-0.39, 0.29) is 0 Å². The predicted octanol–water partition coefficient (Wildman–Crippen LogP) is 2.94. The molecule has 2 aliphatic rings. The molecule has 0 N–H and O–H groups in total. The normalized spacial score (nSPS) is 38.4. The molecule has 2 nitrogen and oxygen atoms in total. The molecular weight excluding hydrogens is 206 g/mol. The molecule has 2 fully saturated rings. The van der Waals surface area contributed by atoms with Gasteiger partial charge in [-0.2, -0.15) is 0 Å². The third-order valence-corrected chi connectivity index (χ3v) is 5.14. The van der Waals surface area contributed by atoms with Gasteiger partial charge in [0.05, 0.1) is 12.1 Å². The highest BCUT2D eigenvalue weighted by Gasteiger charge is 2.46. The van der Waals surface area contributed by atoms with Crippen LogP contribution in [-0.4, -0.2) is 35.9 Å². The molecule has 0 aromatic rings. The first-order chi connectivity index (χ1) is 7.33. The lowest BCUT2D eigenvalue weighted by Crippen LogP contribution is -2.58. The molecule has 0 unspecified atom stereocenters. The monoisotopic (exact) mass is 229 g/mol. The van der Waals surface area contributed by atoms with Crippen molar-refractivity contribution < 1.29 is 4.74 Å². The average molecular weight is 229 g/mol. The van der Waals surface area contributed by atoms with E-state index >= 15 is 0 Å². The Morgan fingerprint density at radius 1 is 1.47 bits per heavy atom. The highest BCUT2D eigenvalue weighted by atomic mass is 32.2. The molecule has 2 atom stereocenters. The fourth-order valence-corrected chi connectivity index (χ4v) is 4.27. The molecule has 1 spiro atoms. The molecule has 0 bridgehead atoms. The largest absolute Gasteiger partial charge is 0.379 e. The van der Waals surface area contributed by atoms with Crippen molar-refractivity contribution >= 4 is 11.9 Å². The zero-order valence-electron chi connectivity index (χ0n) is 10.00. The topological polar surface area (TPSA) is 12.5 Å². The van der Waals surface area contributed by atoms with Gasteiger partial charge < -0.3 is 4.74 Å². The molecule has 15 heavy (non-hydrogen) atoms. The van der Waals surface area contributed by atoms with Crippen LogP contribution in [0.5, 0.6) is 0 Å². The standard InChI is InChI=1S/C12H23NOS/c1-3-11-6-9-14-10-12(11)7-4-5-8-13(12)15-2/h11H,3-10H2,1-2H3/t11-,12+/m0/s1. The van der Waals surface area contributed by atoms with Crippen LogP contribution < -0.4 is 0 Å². The van der Waals surface area contributed by atoms with Crippen molar-refractivity contribution in [2.75, 3.05) is 26.0 Å². The van der Waals surface area contributed by atoms with E-state index in [1.165, 1.54) is 38.6 Å². The summed E-state index contributed by atoms with van der Waals surface area (Å²) in [7, 11) is 0. The molecule has 2 saturated heterocycles. The van der Waals surface area contributed by atoms with Crippen LogP contribution in [0.1, 0.15) is 39.0 Å². The van der Waals surface area contributed by atoms with Crippen molar-refractivity contribution in [3.8, 4) is 0 Å². The van der Waals surface area contributed by atoms with Crippen molar-refractivity contribution in [3.63, 3.8) is 0 Å². The summed E-state index contributed by atoms with van der Waals surface area (Å²) in [6.07, 6.45) is 8.87. The van der Waals surface area contributed by atoms with E-state index in [4.69, 9.17) is 4.74 Å². The van der Waals surface area contributed by atoms with Crippen LogP contribution in [0.15, 0.2) is 0 Å². The maximum atomic E-state index is 5.77. The van der Waals surface area contributed by atoms with Gasteiger partial charge in [0.1, 0.15) is 0 Å². The fraction of sp³-hybridized carbons (Fsp3) is 1.00. The van der Waals surface area contributed by atoms with E-state index in [0.717, 1.165) is 19.1 Å². The number of nitrogens with zero attached hydrogens (tertiary/aromatic N) is 1. The summed E-state index contributed by atoms with van der Waals surface area (Å²) in [5.74, 6) is 0.846. The lowest BCUT2D eigenvalue weighted by atomic mass is 9.74. The van der Waals surface area contributed by atoms with Crippen LogP contribution in [0.2, 0.25) is 0 Å². The zero-order chi connectivity index (χ0) is 10.7. The van der Waals surface area contributed by atoms with Gasteiger partial charge in [-0.15, -0.1) is 0 Å². The number of piperidine rings is 1. The minimum absolute atomic E-state index is 0.366. The van der Waals surface area contributed by atoms with Gasteiger partial charge in [-0.05, 0) is 31.4 Å². The Labute approximate surface area is 97.9 Å². The molecule has 88 valence electrons. The number of ether oxygens (including phenoxy) is 1. The summed E-state index contributed by atoms with van der Waals surface area (Å²) in [4.78, 5) is 0. The second-order valence-corrected chi connectivity index (χ2v) is 5.60. The van der Waals surface area contributed by atoms with Crippen molar-refractivity contribution in [2.24, 2.45) is 5.92 Å². The zero-order valence-corrected chi connectivity index (χ0v) is 10.8. The summed E-state index contributed by atoms with van der Waals surface area (Å²) in [6, 6.07) is 0. The molecule has 0 aliphatic carbocycles. The van der Waals surface area contributed by atoms with Gasteiger partial charge >= 0.3 is 0 Å². The minimum atomic E-state index is 0.366. The predicted molar refractivity (Wildman–Crippen MR) is 66.0 cm³/mol. The average Bonchev–Trinajstić information content (AvgIpc) is 2.30. The quantitative estimate of drug-likeness (QED) is 0.676. The lowest BCUT2D eigenvalue weighted by molar-refractivity contribution is -0.0696. The van der Waals surface area contributed by atoms with Gasteiger partial charge in [-0.1, -0.05) is 31.7 Å². The van der Waals surface area contributed by atoms with Crippen LogP contribution in [0.3, 0.4) is 0 Å². The van der Waals surface area contributed by atoms with Crippen LogP contribution in [0.25, 0.3) is 0 Å². The molecular formula is C12H23NOS. The van der Waals surface area contributed by atoms with Crippen molar-refractivity contribution in [2.45, 2.75) is 44.6 Å². The Morgan fingerprint density at radius 3 is 3.07 bits per heavy atom. The Hall–Kier alpha value is 0.270. The second-order valence-electron chi connectivity index (χ2n) is 4.79. The maximum absolute atomic E-state index is 5.77. The first-order valence-corrected chi connectivity index (χ1v) is 7.41. The molecule has 0 saturated carbocycles. The Balaban J connectivity index is 2.17. The van der Waals surface area contributed by atoms with Crippen molar-refractivity contribution in [1.82, 2.24) is 4.31 Å². The van der Waals surface area contributed by atoms with Crippen LogP contribution in [0.4, 0.5) is 0 Å². The Bertz CT molecular complexity index is 188. The van der Waals surface area contributed by atoms with Crippen LogP contribution >= 0.6 is 11.9 Å². The smallest absolute Gasteiger partial charge is 0.0662 e. The summed E-state index contributed by atoms with van der Waals surface area (Å²) in [5, 5.41) is 0. The molecule has 0 aromatic heterocycles. The first-order valence-electron chi connectivity index (χ1n) is 6.23. The SMILES string of the molecule is CC[C@H]1CCOC[C@]12CCCCN2SC. The molecule has 0 radical (unpaired) electrons. The highest BCUT2D eigenvalue weighted by molar-refractivity contribution is 7.96. The number of rotatable bonds is 2. The van der Waals surface area contributed by atoms with Gasteiger partial charge in [-0.25, -0.2) is 4.31 Å². The van der Waals surface area contributed by atoms with E-state index in [9.17, 15) is 0 Å². The maximum Gasteiger partial charge on any atom is 0.0662 e. The van der Waals surface area contributed by atoms with E-state index in [1.807, 2.05) is 11.9 Å². The van der Waals surface area contributed by atoms with E-state index in [1.54, 1.807) is 0 Å². The molecule has 2 aliphatic heterocycles. The minimum Gasteiger partial charge on any atom is -0.379 e. The molecule has 3 heteroatoms. The number of hydrogen-bond acceptors (Lipinski definition) is 3. The third-order valence-electron chi connectivity index (χ3n) is 4.15. The summed E-state index contributed by atoms with van der Waals surface area (Å²) < 4.78 is 8.39.